The standard InChI is InChI=1S/C19H29NO4/c1-3-24-18-6-4-5-15(13-18)14-20(11-12-21)19(22)16-7-9-17(23-2)10-8-16/h4-6,13,16-17,21H,3,7-12,14H2,1-2H3. The number of ether oxygens (including phenoxy) is 2. The minimum Gasteiger partial charge on any atom is -0.494 e. The predicted octanol–water partition coefficient (Wildman–Crippen LogP) is 2.61. The molecule has 134 valence electrons. The van der Waals surface area contributed by atoms with E-state index in [0.717, 1.165) is 37.0 Å². The van der Waals surface area contributed by atoms with Crippen LogP contribution in [0.15, 0.2) is 24.3 Å². The lowest BCUT2D eigenvalue weighted by molar-refractivity contribution is -0.138. The molecule has 0 spiro atoms. The Balaban J connectivity index is 2.00. The van der Waals surface area contributed by atoms with Gasteiger partial charge in [-0.1, -0.05) is 12.1 Å². The lowest BCUT2D eigenvalue weighted by atomic mass is 9.86. The molecular weight excluding hydrogens is 306 g/mol. The van der Waals surface area contributed by atoms with Crippen molar-refractivity contribution in [2.24, 2.45) is 5.92 Å². The van der Waals surface area contributed by atoms with Crippen LogP contribution in [-0.2, 0) is 16.1 Å². The van der Waals surface area contributed by atoms with Crippen LogP contribution in [0.4, 0.5) is 0 Å². The molecule has 0 aliphatic heterocycles. The third-order valence-corrected chi connectivity index (χ3v) is 4.62. The summed E-state index contributed by atoms with van der Waals surface area (Å²) in [7, 11) is 1.73. The Labute approximate surface area is 144 Å². The number of aliphatic hydroxyl groups is 1. The fourth-order valence-electron chi connectivity index (χ4n) is 3.31. The van der Waals surface area contributed by atoms with Gasteiger partial charge in [0.25, 0.3) is 0 Å². The molecule has 0 aromatic heterocycles. The van der Waals surface area contributed by atoms with Crippen LogP contribution >= 0.6 is 0 Å². The number of hydrogen-bond acceptors (Lipinski definition) is 4. The first-order chi connectivity index (χ1) is 11.7. The van der Waals surface area contributed by atoms with Crippen LogP contribution in [0.5, 0.6) is 5.75 Å². The Morgan fingerprint density at radius 2 is 2.04 bits per heavy atom. The highest BCUT2D eigenvalue weighted by atomic mass is 16.5. The summed E-state index contributed by atoms with van der Waals surface area (Å²) in [5.74, 6) is 0.991. The average Bonchev–Trinajstić information content (AvgIpc) is 2.61. The summed E-state index contributed by atoms with van der Waals surface area (Å²) in [5.41, 5.74) is 1.02. The molecule has 1 aliphatic carbocycles. The molecule has 24 heavy (non-hydrogen) atoms. The zero-order chi connectivity index (χ0) is 17.4. The minimum absolute atomic E-state index is 0.0235. The third kappa shape index (κ3) is 5.21. The Morgan fingerprint density at radius 1 is 1.29 bits per heavy atom. The van der Waals surface area contributed by atoms with Crippen molar-refractivity contribution < 1.29 is 19.4 Å². The summed E-state index contributed by atoms with van der Waals surface area (Å²) >= 11 is 0. The van der Waals surface area contributed by atoms with Gasteiger partial charge in [0, 0.05) is 26.1 Å². The van der Waals surface area contributed by atoms with Crippen molar-refractivity contribution in [3.8, 4) is 5.75 Å². The highest BCUT2D eigenvalue weighted by Crippen LogP contribution is 2.28. The Kier molecular flexibility index (Phi) is 7.53. The molecule has 1 aliphatic rings. The molecule has 2 rings (SSSR count). The average molecular weight is 335 g/mol. The van der Waals surface area contributed by atoms with Gasteiger partial charge in [-0.05, 0) is 50.3 Å². The van der Waals surface area contributed by atoms with Gasteiger partial charge >= 0.3 is 0 Å². The molecule has 1 fully saturated rings. The summed E-state index contributed by atoms with van der Waals surface area (Å²) in [6, 6.07) is 7.80. The number of aliphatic hydroxyl groups excluding tert-OH is 1. The van der Waals surface area contributed by atoms with E-state index in [-0.39, 0.29) is 24.5 Å². The lowest BCUT2D eigenvalue weighted by Gasteiger charge is -2.31. The summed E-state index contributed by atoms with van der Waals surface area (Å²) in [6.07, 6.45) is 3.86. The Hall–Kier alpha value is -1.59. The molecular formula is C19H29NO4. The van der Waals surface area contributed by atoms with Gasteiger partial charge in [-0.3, -0.25) is 4.79 Å². The van der Waals surface area contributed by atoms with Gasteiger partial charge in [-0.25, -0.2) is 0 Å². The third-order valence-electron chi connectivity index (χ3n) is 4.62. The van der Waals surface area contributed by atoms with Crippen LogP contribution in [0.2, 0.25) is 0 Å². The minimum atomic E-state index is -0.0235. The topological polar surface area (TPSA) is 59.0 Å². The Bertz CT molecular complexity index is 512. The second-order valence-corrected chi connectivity index (χ2v) is 6.27. The number of nitrogens with zero attached hydrogens (tertiary/aromatic N) is 1. The van der Waals surface area contributed by atoms with Gasteiger partial charge in [0.2, 0.25) is 5.91 Å². The zero-order valence-electron chi connectivity index (χ0n) is 14.7. The van der Waals surface area contributed by atoms with Gasteiger partial charge in [0.05, 0.1) is 19.3 Å². The maximum Gasteiger partial charge on any atom is 0.226 e. The fraction of sp³-hybridized carbons (Fsp3) is 0.632. The van der Waals surface area contributed by atoms with E-state index in [1.165, 1.54) is 0 Å². The van der Waals surface area contributed by atoms with Gasteiger partial charge in [-0.15, -0.1) is 0 Å². The summed E-state index contributed by atoms with van der Waals surface area (Å²) in [6.45, 7) is 3.41. The van der Waals surface area contributed by atoms with Crippen LogP contribution < -0.4 is 4.74 Å². The normalized spacial score (nSPS) is 20.6. The number of methoxy groups -OCH3 is 1. The van der Waals surface area contributed by atoms with Crippen molar-refractivity contribution in [3.63, 3.8) is 0 Å². The van der Waals surface area contributed by atoms with E-state index in [1.807, 2.05) is 31.2 Å². The molecule has 0 radical (unpaired) electrons. The van der Waals surface area contributed by atoms with E-state index in [1.54, 1.807) is 12.0 Å². The molecule has 1 aromatic rings. The highest BCUT2D eigenvalue weighted by molar-refractivity contribution is 5.79. The van der Waals surface area contributed by atoms with Crippen molar-refractivity contribution >= 4 is 5.91 Å². The molecule has 0 bridgehead atoms. The zero-order valence-corrected chi connectivity index (χ0v) is 14.7. The van der Waals surface area contributed by atoms with Crippen LogP contribution in [0.1, 0.15) is 38.2 Å². The van der Waals surface area contributed by atoms with Crippen molar-refractivity contribution in [2.75, 3.05) is 26.9 Å². The molecule has 5 nitrogen and oxygen atoms in total. The van der Waals surface area contributed by atoms with E-state index in [2.05, 4.69) is 0 Å². The first-order valence-electron chi connectivity index (χ1n) is 8.82. The summed E-state index contributed by atoms with van der Waals surface area (Å²) in [5, 5.41) is 9.34. The summed E-state index contributed by atoms with van der Waals surface area (Å²) in [4.78, 5) is 14.6. The monoisotopic (exact) mass is 335 g/mol. The molecule has 1 N–H and O–H groups in total. The molecule has 0 unspecified atom stereocenters. The van der Waals surface area contributed by atoms with Crippen LogP contribution in [0.25, 0.3) is 0 Å². The smallest absolute Gasteiger partial charge is 0.226 e. The van der Waals surface area contributed by atoms with Crippen molar-refractivity contribution in [1.82, 2.24) is 4.90 Å². The number of rotatable bonds is 8. The first-order valence-corrected chi connectivity index (χ1v) is 8.82. The molecule has 0 atom stereocenters. The molecule has 1 saturated carbocycles. The van der Waals surface area contributed by atoms with E-state index < -0.39 is 0 Å². The molecule has 0 saturated heterocycles. The van der Waals surface area contributed by atoms with Crippen LogP contribution in [0.3, 0.4) is 0 Å². The largest absolute Gasteiger partial charge is 0.494 e. The number of benzene rings is 1. The number of carbonyl (C=O) groups is 1. The number of amides is 1. The maximum absolute atomic E-state index is 12.8. The first kappa shape index (κ1) is 18.7. The number of hydrogen-bond donors (Lipinski definition) is 1. The SMILES string of the molecule is CCOc1cccc(CN(CCO)C(=O)C2CCC(OC)CC2)c1. The summed E-state index contributed by atoms with van der Waals surface area (Å²) < 4.78 is 10.9. The van der Waals surface area contributed by atoms with E-state index in [9.17, 15) is 9.90 Å². The van der Waals surface area contributed by atoms with Crippen molar-refractivity contribution in [1.29, 1.82) is 0 Å². The molecule has 1 amide bonds. The molecule has 1 aromatic carbocycles. The molecule has 0 heterocycles. The van der Waals surface area contributed by atoms with Gasteiger partial charge in [0.1, 0.15) is 5.75 Å². The van der Waals surface area contributed by atoms with Gasteiger partial charge in [-0.2, -0.15) is 0 Å². The quantitative estimate of drug-likeness (QED) is 0.793. The van der Waals surface area contributed by atoms with E-state index in [4.69, 9.17) is 9.47 Å². The highest BCUT2D eigenvalue weighted by Gasteiger charge is 2.29. The van der Waals surface area contributed by atoms with Gasteiger partial charge < -0.3 is 19.5 Å². The lowest BCUT2D eigenvalue weighted by Crippen LogP contribution is -2.39. The van der Waals surface area contributed by atoms with Crippen molar-refractivity contribution in [3.05, 3.63) is 29.8 Å². The van der Waals surface area contributed by atoms with E-state index in [0.29, 0.717) is 19.7 Å². The van der Waals surface area contributed by atoms with Crippen molar-refractivity contribution in [2.45, 2.75) is 45.3 Å². The second kappa shape index (κ2) is 9.64. The van der Waals surface area contributed by atoms with E-state index >= 15 is 0 Å². The van der Waals surface area contributed by atoms with Crippen LogP contribution in [0, 0.1) is 5.92 Å². The van der Waals surface area contributed by atoms with Gasteiger partial charge in [0.15, 0.2) is 0 Å². The number of carbonyl (C=O) groups excluding carboxylic acids is 1. The fourth-order valence-corrected chi connectivity index (χ4v) is 3.31. The Morgan fingerprint density at radius 3 is 2.67 bits per heavy atom. The maximum atomic E-state index is 12.8. The predicted molar refractivity (Wildman–Crippen MR) is 92.9 cm³/mol. The second-order valence-electron chi connectivity index (χ2n) is 6.27. The van der Waals surface area contributed by atoms with Crippen LogP contribution in [-0.4, -0.2) is 48.9 Å². The molecule has 5 heteroatoms.